The fourth-order valence-corrected chi connectivity index (χ4v) is 3.08. The van der Waals surface area contributed by atoms with Gasteiger partial charge in [0.05, 0.1) is 11.1 Å². The van der Waals surface area contributed by atoms with Crippen LogP contribution in [0.1, 0.15) is 41.9 Å². The Bertz CT molecular complexity index is 685. The van der Waals surface area contributed by atoms with Crippen molar-refractivity contribution in [1.29, 1.82) is 0 Å². The number of pyridine rings is 1. The Balaban J connectivity index is 1.56. The number of nitrogens with one attached hydrogen (secondary N) is 3. The van der Waals surface area contributed by atoms with E-state index >= 15 is 0 Å². The fourth-order valence-electron chi connectivity index (χ4n) is 3.08. The molecule has 1 unspecified atom stereocenters. The van der Waals surface area contributed by atoms with Crippen LogP contribution < -0.4 is 10.6 Å². The lowest BCUT2D eigenvalue weighted by atomic mass is 10.1. The minimum Gasteiger partial charge on any atom is -0.348 e. The molecule has 3 N–H and O–H groups in total. The van der Waals surface area contributed by atoms with Crippen LogP contribution in [0.25, 0.3) is 11.2 Å². The fraction of sp³-hybridized carbons (Fsp3) is 0.562. The number of rotatable bonds is 4. The van der Waals surface area contributed by atoms with Crippen molar-refractivity contribution in [2.45, 2.75) is 38.1 Å². The Hall–Kier alpha value is -1.95. The quantitative estimate of drug-likeness (QED) is 0.797. The first kappa shape index (κ1) is 13.7. The van der Waals surface area contributed by atoms with Crippen molar-refractivity contribution >= 4 is 17.1 Å². The smallest absolute Gasteiger partial charge is 0.253 e. The molecule has 6 heteroatoms. The SMILES string of the molecule is O=C(NC1CCCNC1)c1ccnc2nc(CC3CC3)[nH]c12. The molecular weight excluding hydrogens is 278 g/mol. The number of H-pyrrole nitrogens is 1. The number of amides is 1. The Morgan fingerprint density at radius 2 is 2.27 bits per heavy atom. The first-order valence-electron chi connectivity index (χ1n) is 8.15. The number of aromatic amines is 1. The predicted molar refractivity (Wildman–Crippen MR) is 83.7 cm³/mol. The number of fused-ring (bicyclic) bond motifs is 1. The van der Waals surface area contributed by atoms with Gasteiger partial charge in [-0.2, -0.15) is 0 Å². The van der Waals surface area contributed by atoms with Crippen LogP contribution in [0.5, 0.6) is 0 Å². The molecule has 22 heavy (non-hydrogen) atoms. The minimum absolute atomic E-state index is 0.0391. The summed E-state index contributed by atoms with van der Waals surface area (Å²) in [5, 5.41) is 6.43. The Morgan fingerprint density at radius 3 is 3.05 bits per heavy atom. The Morgan fingerprint density at radius 1 is 1.36 bits per heavy atom. The first-order valence-corrected chi connectivity index (χ1v) is 8.15. The van der Waals surface area contributed by atoms with Crippen molar-refractivity contribution in [3.8, 4) is 0 Å². The molecule has 0 aromatic carbocycles. The topological polar surface area (TPSA) is 82.7 Å². The molecule has 1 saturated carbocycles. The molecule has 2 aromatic heterocycles. The highest BCUT2D eigenvalue weighted by atomic mass is 16.1. The molecule has 2 aliphatic rings. The third-order valence-electron chi connectivity index (χ3n) is 4.50. The van der Waals surface area contributed by atoms with Crippen LogP contribution in [-0.2, 0) is 6.42 Å². The molecule has 116 valence electrons. The second-order valence-corrected chi connectivity index (χ2v) is 6.40. The van der Waals surface area contributed by atoms with Gasteiger partial charge in [0, 0.05) is 25.2 Å². The molecule has 4 rings (SSSR count). The number of aromatic nitrogens is 3. The van der Waals surface area contributed by atoms with E-state index in [9.17, 15) is 4.79 Å². The second kappa shape index (κ2) is 5.68. The maximum atomic E-state index is 12.6. The van der Waals surface area contributed by atoms with Gasteiger partial charge in [-0.15, -0.1) is 0 Å². The zero-order valence-corrected chi connectivity index (χ0v) is 12.6. The van der Waals surface area contributed by atoms with Gasteiger partial charge in [0.15, 0.2) is 5.65 Å². The molecule has 1 atom stereocenters. The summed E-state index contributed by atoms with van der Waals surface area (Å²) in [4.78, 5) is 24.7. The molecule has 3 heterocycles. The molecule has 0 spiro atoms. The van der Waals surface area contributed by atoms with Crippen molar-refractivity contribution in [1.82, 2.24) is 25.6 Å². The van der Waals surface area contributed by atoms with E-state index in [1.165, 1.54) is 12.8 Å². The minimum atomic E-state index is -0.0391. The molecule has 0 bridgehead atoms. The first-order chi connectivity index (χ1) is 10.8. The van der Waals surface area contributed by atoms with E-state index in [2.05, 4.69) is 25.6 Å². The number of imidazole rings is 1. The molecular formula is C16H21N5O. The lowest BCUT2D eigenvalue weighted by molar-refractivity contribution is 0.0932. The summed E-state index contributed by atoms with van der Waals surface area (Å²) >= 11 is 0. The van der Waals surface area contributed by atoms with Gasteiger partial charge >= 0.3 is 0 Å². The summed E-state index contributed by atoms with van der Waals surface area (Å²) in [7, 11) is 0. The molecule has 0 radical (unpaired) electrons. The van der Waals surface area contributed by atoms with E-state index < -0.39 is 0 Å². The largest absolute Gasteiger partial charge is 0.348 e. The molecule has 1 aliphatic carbocycles. The number of carbonyl (C=O) groups excluding carboxylic acids is 1. The lowest BCUT2D eigenvalue weighted by Crippen LogP contribution is -2.45. The number of piperidine rings is 1. The van der Waals surface area contributed by atoms with Gasteiger partial charge in [-0.25, -0.2) is 9.97 Å². The molecule has 2 aromatic rings. The number of hydrogen-bond donors (Lipinski definition) is 3. The standard InChI is InChI=1S/C16H21N5O/c22-16(19-11-2-1-6-17-9-11)12-5-7-18-15-14(12)20-13(21-15)8-10-3-4-10/h5,7,10-11,17H,1-4,6,8-9H2,(H,19,22)(H,18,20,21). The van der Waals surface area contributed by atoms with Gasteiger partial charge in [-0.3, -0.25) is 4.79 Å². The molecule has 1 saturated heterocycles. The van der Waals surface area contributed by atoms with Crippen LogP contribution in [0.3, 0.4) is 0 Å². The third kappa shape index (κ3) is 2.83. The summed E-state index contributed by atoms with van der Waals surface area (Å²) in [6, 6.07) is 1.98. The van der Waals surface area contributed by atoms with E-state index in [1.54, 1.807) is 12.3 Å². The summed E-state index contributed by atoms with van der Waals surface area (Å²) in [5.41, 5.74) is 2.05. The van der Waals surface area contributed by atoms with Crippen molar-refractivity contribution in [3.63, 3.8) is 0 Å². The van der Waals surface area contributed by atoms with Gasteiger partial charge in [0.25, 0.3) is 5.91 Å². The zero-order valence-electron chi connectivity index (χ0n) is 12.6. The normalized spacial score (nSPS) is 21.9. The van der Waals surface area contributed by atoms with Crippen LogP contribution in [0, 0.1) is 5.92 Å². The Kier molecular flexibility index (Phi) is 3.54. The Labute approximate surface area is 129 Å². The number of nitrogens with zero attached hydrogens (tertiary/aromatic N) is 2. The van der Waals surface area contributed by atoms with E-state index in [0.29, 0.717) is 11.2 Å². The lowest BCUT2D eigenvalue weighted by Gasteiger charge is -2.23. The highest BCUT2D eigenvalue weighted by Crippen LogP contribution is 2.32. The number of hydrogen-bond acceptors (Lipinski definition) is 4. The van der Waals surface area contributed by atoms with Crippen LogP contribution in [0.15, 0.2) is 12.3 Å². The van der Waals surface area contributed by atoms with Crippen LogP contribution in [0.2, 0.25) is 0 Å². The van der Waals surface area contributed by atoms with Crippen molar-refractivity contribution in [3.05, 3.63) is 23.7 Å². The molecule has 6 nitrogen and oxygen atoms in total. The van der Waals surface area contributed by atoms with Gasteiger partial charge in [-0.05, 0) is 44.2 Å². The van der Waals surface area contributed by atoms with Crippen molar-refractivity contribution in [2.24, 2.45) is 5.92 Å². The zero-order chi connectivity index (χ0) is 14.9. The summed E-state index contributed by atoms with van der Waals surface area (Å²) in [6.07, 6.45) is 7.33. The van der Waals surface area contributed by atoms with Gasteiger partial charge in [0.2, 0.25) is 0 Å². The third-order valence-corrected chi connectivity index (χ3v) is 4.50. The van der Waals surface area contributed by atoms with Gasteiger partial charge < -0.3 is 15.6 Å². The highest BCUT2D eigenvalue weighted by Gasteiger charge is 2.24. The summed E-state index contributed by atoms with van der Waals surface area (Å²) in [6.45, 7) is 1.88. The van der Waals surface area contributed by atoms with E-state index in [4.69, 9.17) is 0 Å². The van der Waals surface area contributed by atoms with Crippen LogP contribution in [-0.4, -0.2) is 40.0 Å². The van der Waals surface area contributed by atoms with Crippen LogP contribution >= 0.6 is 0 Å². The number of carbonyl (C=O) groups is 1. The monoisotopic (exact) mass is 299 g/mol. The molecule has 1 aliphatic heterocycles. The van der Waals surface area contributed by atoms with E-state index in [-0.39, 0.29) is 11.9 Å². The average Bonchev–Trinajstić information content (AvgIpc) is 3.24. The maximum Gasteiger partial charge on any atom is 0.253 e. The van der Waals surface area contributed by atoms with Gasteiger partial charge in [0.1, 0.15) is 5.82 Å². The summed E-state index contributed by atoms with van der Waals surface area (Å²) in [5.74, 6) is 1.67. The predicted octanol–water partition coefficient (Wildman–Crippen LogP) is 1.39. The van der Waals surface area contributed by atoms with Crippen molar-refractivity contribution in [2.75, 3.05) is 13.1 Å². The van der Waals surface area contributed by atoms with Crippen molar-refractivity contribution < 1.29 is 4.79 Å². The van der Waals surface area contributed by atoms with Crippen LogP contribution in [0.4, 0.5) is 0 Å². The summed E-state index contributed by atoms with van der Waals surface area (Å²) < 4.78 is 0. The average molecular weight is 299 g/mol. The van der Waals surface area contributed by atoms with E-state index in [0.717, 1.165) is 49.6 Å². The maximum absolute atomic E-state index is 12.6. The molecule has 1 amide bonds. The van der Waals surface area contributed by atoms with Gasteiger partial charge in [-0.1, -0.05) is 0 Å². The second-order valence-electron chi connectivity index (χ2n) is 6.40. The molecule has 2 fully saturated rings. The highest BCUT2D eigenvalue weighted by molar-refractivity contribution is 6.04. The van der Waals surface area contributed by atoms with E-state index in [1.807, 2.05) is 0 Å².